The number of nitrogens with two attached hydrogens (primary N) is 2. The Bertz CT molecular complexity index is 1560. The third kappa shape index (κ3) is 4.87. The van der Waals surface area contributed by atoms with E-state index in [0.717, 1.165) is 32.0 Å². The Morgan fingerprint density at radius 3 is 2.29 bits per heavy atom. The molecular weight excluding hydrogens is 464 g/mol. The van der Waals surface area contributed by atoms with Gasteiger partial charge in [0.15, 0.2) is 0 Å². The molecule has 5 aromatic rings. The van der Waals surface area contributed by atoms with Gasteiger partial charge in [-0.05, 0) is 67.1 Å². The van der Waals surface area contributed by atoms with Gasteiger partial charge < -0.3 is 26.1 Å². The molecule has 2 aromatic heterocycles. The number of rotatable bonds is 6. The van der Waals surface area contributed by atoms with E-state index in [-0.39, 0.29) is 0 Å². The molecule has 0 radical (unpaired) electrons. The lowest BCUT2D eigenvalue weighted by molar-refractivity contribution is -0.0980. The summed E-state index contributed by atoms with van der Waals surface area (Å²) < 4.78 is 3.17. The number of aryl methyl sites for hydroxylation is 1. The predicted octanol–water partition coefficient (Wildman–Crippen LogP) is 3.76. The van der Waals surface area contributed by atoms with Crippen LogP contribution in [0.5, 0.6) is 0 Å². The first-order valence-electron chi connectivity index (χ1n) is 10.5. The van der Waals surface area contributed by atoms with Gasteiger partial charge in [-0.3, -0.25) is 9.59 Å². The molecule has 0 saturated carbocycles. The van der Waals surface area contributed by atoms with Gasteiger partial charge in [-0.15, -0.1) is 11.3 Å². The van der Waals surface area contributed by atoms with Gasteiger partial charge in [0.25, 0.3) is 0 Å². The summed E-state index contributed by atoms with van der Waals surface area (Å²) in [5.41, 5.74) is 16.0. The molecule has 9 nitrogen and oxygen atoms in total. The van der Waals surface area contributed by atoms with E-state index in [4.69, 9.17) is 21.2 Å². The summed E-state index contributed by atoms with van der Waals surface area (Å²) in [5, 5.41) is 4.34. The molecule has 0 aliphatic heterocycles. The van der Waals surface area contributed by atoms with Crippen molar-refractivity contribution in [3.05, 3.63) is 82.4 Å². The Morgan fingerprint density at radius 1 is 0.914 bits per heavy atom. The molecule has 0 unspecified atom stereocenters. The Balaban J connectivity index is 0.00000141. The number of hydrogen-bond donors (Lipinski definition) is 3. The zero-order valence-corrected chi connectivity index (χ0v) is 19.6. The van der Waals surface area contributed by atoms with Crippen molar-refractivity contribution >= 4 is 62.8 Å². The van der Waals surface area contributed by atoms with Crippen LogP contribution < -0.4 is 16.8 Å². The van der Waals surface area contributed by atoms with E-state index < -0.39 is 11.8 Å². The van der Waals surface area contributed by atoms with E-state index in [2.05, 4.69) is 22.4 Å². The summed E-state index contributed by atoms with van der Waals surface area (Å²) in [4.78, 5) is 40.3. The summed E-state index contributed by atoms with van der Waals surface area (Å²) in [6.45, 7) is 4.55. The van der Waals surface area contributed by atoms with Crippen LogP contribution in [-0.2, 0) is 11.3 Å². The minimum Gasteiger partial charge on any atom is -0.366 e. The van der Waals surface area contributed by atoms with E-state index in [1.54, 1.807) is 47.7 Å². The van der Waals surface area contributed by atoms with E-state index in [0.29, 0.717) is 29.1 Å². The number of primary amides is 2. The van der Waals surface area contributed by atoms with E-state index >= 15 is 0 Å². The van der Waals surface area contributed by atoms with Gasteiger partial charge >= 0.3 is 0 Å². The molecule has 0 aliphatic rings. The third-order valence-electron chi connectivity index (χ3n) is 5.36. The largest absolute Gasteiger partial charge is 0.366 e. The third-order valence-corrected chi connectivity index (χ3v) is 6.29. The molecule has 0 spiro atoms. The van der Waals surface area contributed by atoms with Gasteiger partial charge in [-0.25, -0.2) is 9.97 Å². The SMILES string of the molecule is C=O.Cc1nc2ccc(Cn3c(Nc4ccc(C(N)=O)cc4)nc4cc(C(N)=O)ccc43)cc2s1. The topological polar surface area (TPSA) is 146 Å². The first kappa shape index (κ1) is 23.6. The number of aromatic nitrogens is 3. The van der Waals surface area contributed by atoms with Crippen molar-refractivity contribution in [2.75, 3.05) is 5.32 Å². The fourth-order valence-electron chi connectivity index (χ4n) is 3.75. The van der Waals surface area contributed by atoms with Crippen LogP contribution >= 0.6 is 11.3 Å². The van der Waals surface area contributed by atoms with Crippen molar-refractivity contribution in [2.45, 2.75) is 13.5 Å². The fraction of sp³-hybridized carbons (Fsp3) is 0.0800. The summed E-state index contributed by atoms with van der Waals surface area (Å²) in [6.07, 6.45) is 0. The van der Waals surface area contributed by atoms with Gasteiger partial charge in [0.2, 0.25) is 17.8 Å². The van der Waals surface area contributed by atoms with Gasteiger partial charge in [0.1, 0.15) is 6.79 Å². The molecule has 2 heterocycles. The van der Waals surface area contributed by atoms with Crippen LogP contribution in [-0.4, -0.2) is 33.1 Å². The van der Waals surface area contributed by atoms with Crippen molar-refractivity contribution in [3.63, 3.8) is 0 Å². The minimum atomic E-state index is -0.506. The van der Waals surface area contributed by atoms with Crippen LogP contribution in [0.4, 0.5) is 11.6 Å². The minimum absolute atomic E-state index is 0.395. The summed E-state index contributed by atoms with van der Waals surface area (Å²) >= 11 is 1.66. The standard InChI is InChI=1S/C24H20N6O2S.CH2O/c1-13-27-18-8-2-14(10-21(18)33-13)12-30-20-9-5-16(23(26)32)11-19(20)29-24(30)28-17-6-3-15(4-7-17)22(25)31;1-2/h2-11H,12H2,1H3,(H2,25,31)(H2,26,32)(H,28,29);1H2. The van der Waals surface area contributed by atoms with Crippen LogP contribution in [0.25, 0.3) is 21.3 Å². The second-order valence-electron chi connectivity index (χ2n) is 7.69. The maximum absolute atomic E-state index is 11.7. The highest BCUT2D eigenvalue weighted by Gasteiger charge is 2.14. The van der Waals surface area contributed by atoms with Crippen LogP contribution in [0.3, 0.4) is 0 Å². The number of nitrogens with one attached hydrogen (secondary N) is 1. The Hall–Kier alpha value is -4.57. The number of imidazole rings is 1. The first-order valence-corrected chi connectivity index (χ1v) is 11.3. The van der Waals surface area contributed by atoms with Crippen LogP contribution in [0.15, 0.2) is 60.7 Å². The molecule has 35 heavy (non-hydrogen) atoms. The van der Waals surface area contributed by atoms with Crippen molar-refractivity contribution in [2.24, 2.45) is 11.5 Å². The van der Waals surface area contributed by atoms with Crippen molar-refractivity contribution in [1.29, 1.82) is 0 Å². The Kier molecular flexibility index (Phi) is 6.56. The molecule has 0 fully saturated rings. The van der Waals surface area contributed by atoms with Crippen LogP contribution in [0.2, 0.25) is 0 Å². The zero-order chi connectivity index (χ0) is 25.1. The smallest absolute Gasteiger partial charge is 0.248 e. The highest BCUT2D eigenvalue weighted by molar-refractivity contribution is 7.18. The molecule has 176 valence electrons. The molecule has 5 rings (SSSR count). The van der Waals surface area contributed by atoms with Crippen molar-refractivity contribution in [1.82, 2.24) is 14.5 Å². The van der Waals surface area contributed by atoms with E-state index in [1.807, 2.05) is 30.4 Å². The molecular formula is C25H22N6O3S. The molecule has 5 N–H and O–H groups in total. The number of carbonyl (C=O) groups excluding carboxylic acids is 3. The van der Waals surface area contributed by atoms with Gasteiger partial charge in [0.05, 0.1) is 32.8 Å². The van der Waals surface area contributed by atoms with Gasteiger partial charge in [-0.2, -0.15) is 0 Å². The maximum Gasteiger partial charge on any atom is 0.248 e. The number of hydrogen-bond acceptors (Lipinski definition) is 7. The highest BCUT2D eigenvalue weighted by atomic mass is 32.1. The molecule has 0 saturated heterocycles. The Labute approximate surface area is 204 Å². The molecule has 0 atom stereocenters. The normalized spacial score (nSPS) is 10.7. The molecule has 10 heteroatoms. The lowest BCUT2D eigenvalue weighted by Gasteiger charge is -2.12. The average Bonchev–Trinajstić information content (AvgIpc) is 3.39. The average molecular weight is 487 g/mol. The molecule has 2 amide bonds. The van der Waals surface area contributed by atoms with Crippen molar-refractivity contribution in [3.8, 4) is 0 Å². The van der Waals surface area contributed by atoms with Crippen molar-refractivity contribution < 1.29 is 14.4 Å². The zero-order valence-electron chi connectivity index (χ0n) is 18.8. The lowest BCUT2D eigenvalue weighted by Crippen LogP contribution is -2.11. The molecule has 0 bridgehead atoms. The predicted molar refractivity (Wildman–Crippen MR) is 137 cm³/mol. The van der Waals surface area contributed by atoms with E-state index in [9.17, 15) is 9.59 Å². The highest BCUT2D eigenvalue weighted by Crippen LogP contribution is 2.27. The number of benzene rings is 3. The Morgan fingerprint density at radius 2 is 1.60 bits per heavy atom. The van der Waals surface area contributed by atoms with Crippen LogP contribution in [0.1, 0.15) is 31.3 Å². The molecule has 3 aromatic carbocycles. The summed E-state index contributed by atoms with van der Waals surface area (Å²) in [7, 11) is 0. The second-order valence-corrected chi connectivity index (χ2v) is 8.93. The maximum atomic E-state index is 11.7. The second kappa shape index (κ2) is 9.74. The monoisotopic (exact) mass is 486 g/mol. The molecule has 0 aliphatic carbocycles. The fourth-order valence-corrected chi connectivity index (χ4v) is 4.64. The van der Waals surface area contributed by atoms with Crippen LogP contribution in [0, 0.1) is 6.92 Å². The summed E-state index contributed by atoms with van der Waals surface area (Å²) in [6, 6.07) is 18.3. The number of thiazole rings is 1. The first-order chi connectivity index (χ1) is 16.9. The quantitative estimate of drug-likeness (QED) is 0.333. The number of nitrogens with zero attached hydrogens (tertiary/aromatic N) is 3. The van der Waals surface area contributed by atoms with Gasteiger partial charge in [-0.1, -0.05) is 6.07 Å². The van der Waals surface area contributed by atoms with E-state index in [1.165, 1.54) is 0 Å². The summed E-state index contributed by atoms with van der Waals surface area (Å²) in [5.74, 6) is -0.394. The number of anilines is 2. The van der Waals surface area contributed by atoms with Gasteiger partial charge in [0, 0.05) is 16.8 Å². The number of fused-ring (bicyclic) bond motifs is 2. The lowest BCUT2D eigenvalue weighted by atomic mass is 10.2. The number of amides is 2. The number of carbonyl (C=O) groups is 3.